The Morgan fingerprint density at radius 3 is 2.95 bits per heavy atom. The molecule has 104 valence electrons. The van der Waals surface area contributed by atoms with Gasteiger partial charge in [0.05, 0.1) is 12.6 Å². The molecule has 0 saturated heterocycles. The Bertz CT molecular complexity index is 636. The van der Waals surface area contributed by atoms with Gasteiger partial charge in [0.25, 0.3) is 0 Å². The van der Waals surface area contributed by atoms with Crippen LogP contribution in [-0.4, -0.2) is 26.7 Å². The molecule has 0 bridgehead atoms. The maximum Gasteiger partial charge on any atom is 0.244 e. The smallest absolute Gasteiger partial charge is 0.244 e. The molecule has 20 heavy (non-hydrogen) atoms. The molecule has 1 N–H and O–H groups in total. The van der Waals surface area contributed by atoms with Gasteiger partial charge in [-0.15, -0.1) is 0 Å². The molecule has 1 aromatic heterocycles. The van der Waals surface area contributed by atoms with Gasteiger partial charge in [0.2, 0.25) is 5.91 Å². The summed E-state index contributed by atoms with van der Waals surface area (Å²) in [6, 6.07) is 7.74. The van der Waals surface area contributed by atoms with Crippen molar-refractivity contribution in [2.75, 3.05) is 4.90 Å². The number of aryl methyl sites for hydroxylation is 1. The standard InChI is InChI=1S/C14H17N5O/c1-10-14(20)19(8-13-16-9-17-18(13)2)12-6-4-3-5-11(12)7-15-10/h3-6,9-10,15H,7-8H2,1-2H3. The number of aromatic nitrogens is 3. The third-order valence-electron chi connectivity index (χ3n) is 3.62. The van der Waals surface area contributed by atoms with Crippen LogP contribution >= 0.6 is 0 Å². The lowest BCUT2D eigenvalue weighted by molar-refractivity contribution is -0.120. The number of hydrogen-bond donors (Lipinski definition) is 1. The minimum absolute atomic E-state index is 0.0537. The predicted octanol–water partition coefficient (Wildman–Crippen LogP) is 0.840. The van der Waals surface area contributed by atoms with Gasteiger partial charge in [-0.3, -0.25) is 9.48 Å². The number of hydrogen-bond acceptors (Lipinski definition) is 4. The minimum atomic E-state index is -0.212. The van der Waals surface area contributed by atoms with Crippen molar-refractivity contribution in [2.24, 2.45) is 7.05 Å². The summed E-state index contributed by atoms with van der Waals surface area (Å²) in [5, 5.41) is 7.30. The number of benzene rings is 1. The first kappa shape index (κ1) is 12.8. The minimum Gasteiger partial charge on any atom is -0.303 e. The Labute approximate surface area is 117 Å². The van der Waals surface area contributed by atoms with Crippen LogP contribution in [0, 0.1) is 0 Å². The van der Waals surface area contributed by atoms with Crippen LogP contribution in [0.4, 0.5) is 5.69 Å². The van der Waals surface area contributed by atoms with Gasteiger partial charge in [0.15, 0.2) is 0 Å². The van der Waals surface area contributed by atoms with E-state index >= 15 is 0 Å². The van der Waals surface area contributed by atoms with Crippen molar-refractivity contribution in [1.82, 2.24) is 20.1 Å². The van der Waals surface area contributed by atoms with Gasteiger partial charge in [-0.25, -0.2) is 4.98 Å². The Hall–Kier alpha value is -2.21. The van der Waals surface area contributed by atoms with Gasteiger partial charge in [-0.1, -0.05) is 18.2 Å². The molecule has 0 radical (unpaired) electrons. The SMILES string of the molecule is CC1NCc2ccccc2N(Cc2ncnn2C)C1=O. The number of fused-ring (bicyclic) bond motifs is 1. The van der Waals surface area contributed by atoms with Crippen molar-refractivity contribution in [3.05, 3.63) is 42.0 Å². The van der Waals surface area contributed by atoms with E-state index < -0.39 is 0 Å². The number of nitrogens with zero attached hydrogens (tertiary/aromatic N) is 4. The van der Waals surface area contributed by atoms with E-state index in [2.05, 4.69) is 15.4 Å². The molecule has 1 aromatic carbocycles. The molecule has 0 spiro atoms. The molecule has 2 heterocycles. The van der Waals surface area contributed by atoms with Crippen molar-refractivity contribution >= 4 is 11.6 Å². The third-order valence-corrected chi connectivity index (χ3v) is 3.62. The molecule has 1 atom stereocenters. The molecule has 0 aliphatic carbocycles. The molecular weight excluding hydrogens is 254 g/mol. The topological polar surface area (TPSA) is 63.0 Å². The highest BCUT2D eigenvalue weighted by molar-refractivity contribution is 5.98. The summed E-state index contributed by atoms with van der Waals surface area (Å²) in [7, 11) is 1.83. The number of rotatable bonds is 2. The van der Waals surface area contributed by atoms with Crippen LogP contribution in [0.2, 0.25) is 0 Å². The fourth-order valence-corrected chi connectivity index (χ4v) is 2.39. The van der Waals surface area contributed by atoms with Crippen LogP contribution in [0.15, 0.2) is 30.6 Å². The van der Waals surface area contributed by atoms with Gasteiger partial charge in [-0.2, -0.15) is 5.10 Å². The number of amides is 1. The number of anilines is 1. The second-order valence-corrected chi connectivity index (χ2v) is 4.96. The highest BCUT2D eigenvalue weighted by Crippen LogP contribution is 2.25. The highest BCUT2D eigenvalue weighted by atomic mass is 16.2. The van der Waals surface area contributed by atoms with Crippen LogP contribution in [0.25, 0.3) is 0 Å². The maximum absolute atomic E-state index is 12.6. The second kappa shape index (κ2) is 5.05. The molecule has 2 aromatic rings. The van der Waals surface area contributed by atoms with E-state index in [0.29, 0.717) is 13.1 Å². The number of nitrogens with one attached hydrogen (secondary N) is 1. The van der Waals surface area contributed by atoms with Gasteiger partial charge in [0, 0.05) is 19.3 Å². The van der Waals surface area contributed by atoms with Gasteiger partial charge in [0.1, 0.15) is 12.2 Å². The monoisotopic (exact) mass is 271 g/mol. The fourth-order valence-electron chi connectivity index (χ4n) is 2.39. The second-order valence-electron chi connectivity index (χ2n) is 4.96. The maximum atomic E-state index is 12.6. The van der Waals surface area contributed by atoms with Crippen LogP contribution in [0.5, 0.6) is 0 Å². The number of para-hydroxylation sites is 1. The van der Waals surface area contributed by atoms with Crippen LogP contribution < -0.4 is 10.2 Å². The molecule has 3 rings (SSSR count). The summed E-state index contributed by atoms with van der Waals surface area (Å²) < 4.78 is 1.69. The van der Waals surface area contributed by atoms with Gasteiger partial charge in [-0.05, 0) is 18.6 Å². The molecular formula is C14H17N5O. The Morgan fingerprint density at radius 1 is 1.40 bits per heavy atom. The van der Waals surface area contributed by atoms with E-state index in [1.807, 2.05) is 38.2 Å². The van der Waals surface area contributed by atoms with Crippen molar-refractivity contribution < 1.29 is 4.79 Å². The Morgan fingerprint density at radius 2 is 2.20 bits per heavy atom. The number of carbonyl (C=O) groups excluding carboxylic acids is 1. The van der Waals surface area contributed by atoms with E-state index in [1.165, 1.54) is 6.33 Å². The first-order valence-electron chi connectivity index (χ1n) is 6.62. The van der Waals surface area contributed by atoms with Crippen LogP contribution in [0.1, 0.15) is 18.3 Å². The van der Waals surface area contributed by atoms with Crippen molar-refractivity contribution in [3.8, 4) is 0 Å². The normalized spacial score (nSPS) is 18.8. The van der Waals surface area contributed by atoms with Crippen LogP contribution in [-0.2, 0) is 24.9 Å². The summed E-state index contributed by atoms with van der Waals surface area (Å²) in [6.07, 6.45) is 1.51. The molecule has 0 saturated carbocycles. The number of carbonyl (C=O) groups is 1. The van der Waals surface area contributed by atoms with Gasteiger partial charge < -0.3 is 10.2 Å². The van der Waals surface area contributed by atoms with Crippen molar-refractivity contribution in [3.63, 3.8) is 0 Å². The summed E-state index contributed by atoms with van der Waals surface area (Å²) in [5.74, 6) is 0.820. The van der Waals surface area contributed by atoms with E-state index in [1.54, 1.807) is 9.58 Å². The molecule has 0 fully saturated rings. The summed E-state index contributed by atoms with van der Waals surface area (Å²) in [5.41, 5.74) is 2.06. The lowest BCUT2D eigenvalue weighted by Gasteiger charge is -2.23. The Balaban J connectivity index is 2.01. The average Bonchev–Trinajstić information content (AvgIpc) is 2.82. The first-order valence-corrected chi connectivity index (χ1v) is 6.62. The average molecular weight is 271 g/mol. The van der Waals surface area contributed by atoms with E-state index in [0.717, 1.165) is 17.1 Å². The zero-order valence-corrected chi connectivity index (χ0v) is 11.6. The first-order chi connectivity index (χ1) is 9.66. The Kier molecular flexibility index (Phi) is 3.23. The summed E-state index contributed by atoms with van der Waals surface area (Å²) >= 11 is 0. The quantitative estimate of drug-likeness (QED) is 0.879. The van der Waals surface area contributed by atoms with Crippen molar-refractivity contribution in [1.29, 1.82) is 0 Å². The zero-order chi connectivity index (χ0) is 14.1. The fraction of sp³-hybridized carbons (Fsp3) is 0.357. The molecule has 1 unspecified atom stereocenters. The van der Waals surface area contributed by atoms with E-state index in [9.17, 15) is 4.79 Å². The predicted molar refractivity (Wildman–Crippen MR) is 74.9 cm³/mol. The lowest BCUT2D eigenvalue weighted by atomic mass is 10.1. The van der Waals surface area contributed by atoms with E-state index in [-0.39, 0.29) is 11.9 Å². The third kappa shape index (κ3) is 2.18. The van der Waals surface area contributed by atoms with Crippen molar-refractivity contribution in [2.45, 2.75) is 26.1 Å². The summed E-state index contributed by atoms with van der Waals surface area (Å²) in [4.78, 5) is 18.5. The van der Waals surface area contributed by atoms with E-state index in [4.69, 9.17) is 0 Å². The van der Waals surface area contributed by atoms with Crippen LogP contribution in [0.3, 0.4) is 0 Å². The largest absolute Gasteiger partial charge is 0.303 e. The molecule has 6 heteroatoms. The van der Waals surface area contributed by atoms with Gasteiger partial charge >= 0.3 is 0 Å². The molecule has 6 nitrogen and oxygen atoms in total. The zero-order valence-electron chi connectivity index (χ0n) is 11.6. The summed E-state index contributed by atoms with van der Waals surface area (Å²) in [6.45, 7) is 3.01. The lowest BCUT2D eigenvalue weighted by Crippen LogP contribution is -2.42. The molecule has 1 aliphatic rings. The highest BCUT2D eigenvalue weighted by Gasteiger charge is 2.27. The molecule has 1 amide bonds. The molecule has 1 aliphatic heterocycles.